The number of benzene rings is 2. The van der Waals surface area contributed by atoms with E-state index < -0.39 is 28.7 Å². The van der Waals surface area contributed by atoms with Crippen LogP contribution in [-0.4, -0.2) is 62.2 Å². The summed E-state index contributed by atoms with van der Waals surface area (Å²) in [5.41, 5.74) is 0.953. The first-order valence-electron chi connectivity index (χ1n) is 12.8. The summed E-state index contributed by atoms with van der Waals surface area (Å²) in [5, 5.41) is 3.93. The molecule has 2 amide bonds. The topological polar surface area (TPSA) is 90.0 Å². The average Bonchev–Trinajstić information content (AvgIpc) is 2.89. The van der Waals surface area contributed by atoms with Crippen molar-refractivity contribution < 1.29 is 18.0 Å². The van der Waals surface area contributed by atoms with Gasteiger partial charge in [-0.25, -0.2) is 4.31 Å². The number of hydrogen-bond acceptors (Lipinski definition) is 4. The summed E-state index contributed by atoms with van der Waals surface area (Å²) >= 11 is 12.5. The molecule has 1 saturated carbocycles. The van der Waals surface area contributed by atoms with Crippen molar-refractivity contribution in [2.75, 3.05) is 24.9 Å². The minimum Gasteiger partial charge on any atom is -0.352 e. The predicted molar refractivity (Wildman–Crippen MR) is 153 cm³/mol. The van der Waals surface area contributed by atoms with Gasteiger partial charge in [0.05, 0.1) is 5.69 Å². The van der Waals surface area contributed by atoms with E-state index in [4.69, 9.17) is 23.2 Å². The first-order chi connectivity index (χ1) is 18.0. The Hall–Kier alpha value is -2.33. The second kappa shape index (κ2) is 13.6. The van der Waals surface area contributed by atoms with Crippen LogP contribution in [-0.2, 0) is 26.3 Å². The van der Waals surface area contributed by atoms with Crippen molar-refractivity contribution in [1.29, 1.82) is 0 Å². The van der Waals surface area contributed by atoms with Gasteiger partial charge in [0.15, 0.2) is 0 Å². The van der Waals surface area contributed by atoms with Gasteiger partial charge in [0.25, 0.3) is 0 Å². The first-order valence-corrected chi connectivity index (χ1v) is 15.0. The van der Waals surface area contributed by atoms with Gasteiger partial charge < -0.3 is 10.2 Å². The van der Waals surface area contributed by atoms with Gasteiger partial charge in [0.1, 0.15) is 12.6 Å². The molecule has 3 rings (SSSR count). The van der Waals surface area contributed by atoms with Crippen LogP contribution >= 0.6 is 23.2 Å². The highest BCUT2D eigenvalue weighted by molar-refractivity contribution is 7.90. The van der Waals surface area contributed by atoms with Gasteiger partial charge in [-0.1, -0.05) is 73.7 Å². The van der Waals surface area contributed by atoms with Gasteiger partial charge in [0, 0.05) is 36.7 Å². The molecule has 1 aliphatic carbocycles. The van der Waals surface area contributed by atoms with Crippen molar-refractivity contribution in [1.82, 2.24) is 14.5 Å². The maximum Gasteiger partial charge on any atom is 0.304 e. The van der Waals surface area contributed by atoms with E-state index in [2.05, 4.69) is 5.32 Å². The van der Waals surface area contributed by atoms with Crippen LogP contribution in [0.25, 0.3) is 0 Å². The quantitative estimate of drug-likeness (QED) is 0.409. The molecule has 2 aromatic rings. The number of rotatable bonds is 11. The van der Waals surface area contributed by atoms with Gasteiger partial charge in [0.2, 0.25) is 11.8 Å². The summed E-state index contributed by atoms with van der Waals surface area (Å²) in [6, 6.07) is 12.6. The molecule has 2 aromatic carbocycles. The molecular weight excluding hydrogens is 547 g/mol. The molecule has 8 nitrogen and oxygen atoms in total. The van der Waals surface area contributed by atoms with Crippen LogP contribution < -0.4 is 9.62 Å². The zero-order chi connectivity index (χ0) is 27.9. The average molecular weight is 584 g/mol. The van der Waals surface area contributed by atoms with Gasteiger partial charge in [-0.3, -0.25) is 9.59 Å². The normalized spacial score (nSPS) is 15.2. The number of carbonyl (C=O) groups excluding carboxylic acids is 2. The monoisotopic (exact) mass is 582 g/mol. The van der Waals surface area contributed by atoms with Crippen molar-refractivity contribution in [3.63, 3.8) is 0 Å². The molecule has 1 fully saturated rings. The zero-order valence-electron chi connectivity index (χ0n) is 22.1. The van der Waals surface area contributed by atoms with E-state index in [1.54, 1.807) is 48.5 Å². The predicted octanol–water partition coefficient (Wildman–Crippen LogP) is 4.86. The SMILES string of the molecule is CC[C@@H](C(=O)NC1CCCCC1)N(Cc1ccc(Cl)cc1Cl)C(=O)CN(c1ccccc1)S(=O)(=O)N(C)C. The van der Waals surface area contributed by atoms with E-state index in [1.165, 1.54) is 19.0 Å². The molecule has 0 radical (unpaired) electrons. The Balaban J connectivity index is 1.96. The van der Waals surface area contributed by atoms with E-state index in [0.29, 0.717) is 27.7 Å². The number of anilines is 1. The van der Waals surface area contributed by atoms with Gasteiger partial charge >= 0.3 is 10.2 Å². The molecule has 1 N–H and O–H groups in total. The zero-order valence-corrected chi connectivity index (χ0v) is 24.4. The molecule has 38 heavy (non-hydrogen) atoms. The summed E-state index contributed by atoms with van der Waals surface area (Å²) < 4.78 is 28.6. The number of hydrogen-bond donors (Lipinski definition) is 1. The highest BCUT2D eigenvalue weighted by Gasteiger charge is 2.34. The number of halogens is 2. The molecule has 0 aliphatic heterocycles. The number of para-hydroxylation sites is 1. The molecule has 11 heteroatoms. The van der Waals surface area contributed by atoms with Crippen LogP contribution in [0.1, 0.15) is 51.0 Å². The first kappa shape index (κ1) is 30.2. The fourth-order valence-corrected chi connectivity index (χ4v) is 6.13. The highest BCUT2D eigenvalue weighted by Crippen LogP contribution is 2.26. The largest absolute Gasteiger partial charge is 0.352 e. The van der Waals surface area contributed by atoms with Gasteiger partial charge in [-0.2, -0.15) is 12.7 Å². The smallest absolute Gasteiger partial charge is 0.304 e. The van der Waals surface area contributed by atoms with Crippen molar-refractivity contribution in [3.8, 4) is 0 Å². The van der Waals surface area contributed by atoms with Crippen molar-refractivity contribution >= 4 is 50.9 Å². The van der Waals surface area contributed by atoms with Gasteiger partial charge in [-0.05, 0) is 49.1 Å². The van der Waals surface area contributed by atoms with E-state index in [-0.39, 0.29) is 18.5 Å². The highest BCUT2D eigenvalue weighted by atomic mass is 35.5. The summed E-state index contributed by atoms with van der Waals surface area (Å²) in [6.45, 7) is 1.37. The lowest BCUT2D eigenvalue weighted by atomic mass is 9.95. The lowest BCUT2D eigenvalue weighted by Gasteiger charge is -2.35. The van der Waals surface area contributed by atoms with Crippen LogP contribution in [0.4, 0.5) is 5.69 Å². The number of amides is 2. The van der Waals surface area contributed by atoms with Crippen LogP contribution in [0.5, 0.6) is 0 Å². The van der Waals surface area contributed by atoms with E-state index in [9.17, 15) is 18.0 Å². The van der Waals surface area contributed by atoms with E-state index in [0.717, 1.165) is 40.7 Å². The molecule has 1 aliphatic rings. The Bertz CT molecular complexity index is 1200. The standard InChI is InChI=1S/C27H36Cl2N4O4S/c1-4-25(27(35)30-22-11-7-5-8-12-22)32(18-20-15-16-21(28)17-24(20)29)26(34)19-33(38(36,37)31(2)3)23-13-9-6-10-14-23/h6,9-10,13-17,22,25H,4-5,7-8,11-12,18-19H2,1-3H3,(H,30,35)/t25-/m0/s1. The molecule has 0 unspecified atom stereocenters. The van der Waals surface area contributed by atoms with Crippen LogP contribution in [0.2, 0.25) is 10.0 Å². The van der Waals surface area contributed by atoms with Gasteiger partial charge in [-0.15, -0.1) is 0 Å². The third-order valence-corrected chi connectivity index (χ3v) is 9.16. The Labute approximate surface area is 236 Å². The molecule has 0 aromatic heterocycles. The Morgan fingerprint density at radius 2 is 1.68 bits per heavy atom. The third kappa shape index (κ3) is 7.62. The Kier molecular flexibility index (Phi) is 10.8. The Morgan fingerprint density at radius 3 is 2.26 bits per heavy atom. The molecule has 208 valence electrons. The molecule has 0 spiro atoms. The number of nitrogens with one attached hydrogen (secondary N) is 1. The summed E-state index contributed by atoms with van der Waals surface area (Å²) in [5.74, 6) is -0.768. The van der Waals surface area contributed by atoms with Crippen LogP contribution in [0, 0.1) is 0 Å². The minimum atomic E-state index is -4.01. The van der Waals surface area contributed by atoms with Crippen molar-refractivity contribution in [2.45, 2.75) is 64.1 Å². The lowest BCUT2D eigenvalue weighted by molar-refractivity contribution is -0.140. The molecule has 0 bridgehead atoms. The molecule has 1 atom stereocenters. The van der Waals surface area contributed by atoms with E-state index >= 15 is 0 Å². The van der Waals surface area contributed by atoms with Crippen LogP contribution in [0.3, 0.4) is 0 Å². The summed E-state index contributed by atoms with van der Waals surface area (Å²) in [7, 11) is -1.19. The Morgan fingerprint density at radius 1 is 1.03 bits per heavy atom. The van der Waals surface area contributed by atoms with E-state index in [1.807, 2.05) is 6.92 Å². The maximum absolute atomic E-state index is 13.9. The number of nitrogens with zero attached hydrogens (tertiary/aromatic N) is 3. The second-order valence-corrected chi connectivity index (χ2v) is 12.6. The third-order valence-electron chi connectivity index (χ3n) is 6.76. The second-order valence-electron chi connectivity index (χ2n) is 9.66. The summed E-state index contributed by atoms with van der Waals surface area (Å²) in [6.07, 6.45) is 5.42. The minimum absolute atomic E-state index is 0.0239. The fourth-order valence-electron chi connectivity index (χ4n) is 4.61. The van der Waals surface area contributed by atoms with Crippen LogP contribution in [0.15, 0.2) is 48.5 Å². The fraction of sp³-hybridized carbons (Fsp3) is 0.481. The summed E-state index contributed by atoms with van der Waals surface area (Å²) in [4.78, 5) is 28.8. The van der Waals surface area contributed by atoms with Crippen molar-refractivity contribution in [3.05, 3.63) is 64.1 Å². The lowest BCUT2D eigenvalue weighted by Crippen LogP contribution is -2.54. The maximum atomic E-state index is 13.9. The van der Waals surface area contributed by atoms with Crippen molar-refractivity contribution in [2.24, 2.45) is 0 Å². The number of carbonyl (C=O) groups is 2. The molecular formula is C27H36Cl2N4O4S. The molecule has 0 heterocycles. The molecule has 0 saturated heterocycles.